The molecule has 0 spiro atoms. The Labute approximate surface area is 130 Å². The van der Waals surface area contributed by atoms with Crippen LogP contribution in [0.2, 0.25) is 10.0 Å². The van der Waals surface area contributed by atoms with Gasteiger partial charge in [0.15, 0.2) is 0 Å². The van der Waals surface area contributed by atoms with Crippen LogP contribution in [0, 0.1) is 0 Å². The number of nitrogens with zero attached hydrogens (tertiary/aromatic N) is 1. The van der Waals surface area contributed by atoms with Gasteiger partial charge in [0.05, 0.1) is 5.02 Å². The maximum Gasteiger partial charge on any atom is 0.244 e. The van der Waals surface area contributed by atoms with Gasteiger partial charge in [0.1, 0.15) is 4.90 Å². The Hall–Kier alpha value is -0.330. The summed E-state index contributed by atoms with van der Waals surface area (Å²) < 4.78 is 26.6. The van der Waals surface area contributed by atoms with Crippen LogP contribution in [0.25, 0.3) is 0 Å². The van der Waals surface area contributed by atoms with Crippen molar-refractivity contribution in [3.05, 3.63) is 27.7 Å². The first-order chi connectivity index (χ1) is 9.48. The first-order valence-corrected chi connectivity index (χ1v) is 8.85. The second kappa shape index (κ2) is 6.62. The van der Waals surface area contributed by atoms with Crippen molar-refractivity contribution in [2.45, 2.75) is 31.2 Å². The molecule has 0 aromatic heterocycles. The second-order valence-corrected chi connectivity index (χ2v) is 7.42. The summed E-state index contributed by atoms with van der Waals surface area (Å²) in [6.45, 7) is 4.30. The van der Waals surface area contributed by atoms with Crippen molar-refractivity contribution in [1.82, 2.24) is 9.62 Å². The lowest BCUT2D eigenvalue weighted by atomic mass is 10.2. The average molecular weight is 337 g/mol. The third kappa shape index (κ3) is 3.12. The number of halogens is 2. The van der Waals surface area contributed by atoms with Crippen LogP contribution in [0.3, 0.4) is 0 Å². The van der Waals surface area contributed by atoms with Gasteiger partial charge in [0.25, 0.3) is 0 Å². The lowest BCUT2D eigenvalue weighted by Gasteiger charge is -2.18. The molecule has 112 valence electrons. The molecule has 1 N–H and O–H groups in total. The van der Waals surface area contributed by atoms with E-state index < -0.39 is 10.0 Å². The van der Waals surface area contributed by atoms with Gasteiger partial charge in [-0.25, -0.2) is 8.42 Å². The van der Waals surface area contributed by atoms with Gasteiger partial charge in [0.2, 0.25) is 10.0 Å². The molecule has 20 heavy (non-hydrogen) atoms. The molecule has 0 bridgehead atoms. The summed E-state index contributed by atoms with van der Waals surface area (Å²) in [5.41, 5.74) is 0.635. The van der Waals surface area contributed by atoms with Crippen molar-refractivity contribution in [2.75, 3.05) is 19.6 Å². The van der Waals surface area contributed by atoms with Crippen molar-refractivity contribution in [2.24, 2.45) is 0 Å². The summed E-state index contributed by atoms with van der Waals surface area (Å²) in [4.78, 5) is 0.151. The van der Waals surface area contributed by atoms with Gasteiger partial charge in [-0.3, -0.25) is 0 Å². The van der Waals surface area contributed by atoms with E-state index in [1.165, 1.54) is 10.4 Å². The SMILES string of the molecule is CCNCc1c(Cl)ccc(S(=O)(=O)N2CCCC2)c1Cl. The fraction of sp³-hybridized carbons (Fsp3) is 0.538. The summed E-state index contributed by atoms with van der Waals surface area (Å²) in [6.07, 6.45) is 1.80. The highest BCUT2D eigenvalue weighted by atomic mass is 35.5. The van der Waals surface area contributed by atoms with E-state index in [-0.39, 0.29) is 9.92 Å². The number of nitrogens with one attached hydrogen (secondary N) is 1. The van der Waals surface area contributed by atoms with Crippen molar-refractivity contribution in [1.29, 1.82) is 0 Å². The van der Waals surface area contributed by atoms with E-state index in [4.69, 9.17) is 23.2 Å². The van der Waals surface area contributed by atoms with Crippen molar-refractivity contribution < 1.29 is 8.42 Å². The second-order valence-electron chi connectivity index (χ2n) is 4.73. The molecule has 2 rings (SSSR count). The van der Waals surface area contributed by atoms with Crippen LogP contribution in [0.1, 0.15) is 25.3 Å². The van der Waals surface area contributed by atoms with Gasteiger partial charge >= 0.3 is 0 Å². The molecule has 1 heterocycles. The largest absolute Gasteiger partial charge is 0.313 e. The van der Waals surface area contributed by atoms with E-state index in [0.717, 1.165) is 19.4 Å². The van der Waals surface area contributed by atoms with Crippen molar-refractivity contribution in [3.63, 3.8) is 0 Å². The fourth-order valence-electron chi connectivity index (χ4n) is 2.25. The molecular formula is C13H18Cl2N2O2S. The van der Waals surface area contributed by atoms with Gasteiger partial charge in [-0.05, 0) is 31.5 Å². The molecule has 7 heteroatoms. The molecule has 0 atom stereocenters. The maximum absolute atomic E-state index is 12.6. The third-order valence-corrected chi connectivity index (χ3v) is 6.22. The number of benzene rings is 1. The van der Waals surface area contributed by atoms with Crippen LogP contribution < -0.4 is 5.32 Å². The Kier molecular flexibility index (Phi) is 5.31. The lowest BCUT2D eigenvalue weighted by Crippen LogP contribution is -2.28. The molecule has 0 unspecified atom stereocenters. The summed E-state index contributed by atoms with van der Waals surface area (Å²) in [5, 5.41) is 3.83. The zero-order valence-electron chi connectivity index (χ0n) is 11.3. The summed E-state index contributed by atoms with van der Waals surface area (Å²) >= 11 is 12.4. The highest BCUT2D eigenvalue weighted by Gasteiger charge is 2.30. The summed E-state index contributed by atoms with van der Waals surface area (Å²) in [5.74, 6) is 0. The quantitative estimate of drug-likeness (QED) is 0.899. The lowest BCUT2D eigenvalue weighted by molar-refractivity contribution is 0.477. The van der Waals surface area contributed by atoms with E-state index in [2.05, 4.69) is 5.32 Å². The minimum absolute atomic E-state index is 0.151. The van der Waals surface area contributed by atoms with Crippen LogP contribution >= 0.6 is 23.2 Å². The molecular weight excluding hydrogens is 319 g/mol. The van der Waals surface area contributed by atoms with Crippen LogP contribution in [0.15, 0.2) is 17.0 Å². The topological polar surface area (TPSA) is 49.4 Å². The Bertz CT molecular complexity index is 584. The molecule has 1 aliphatic heterocycles. The van der Waals surface area contributed by atoms with Crippen molar-refractivity contribution >= 4 is 33.2 Å². The third-order valence-electron chi connectivity index (χ3n) is 3.39. The van der Waals surface area contributed by atoms with Gasteiger partial charge in [0, 0.05) is 30.2 Å². The Morgan fingerprint density at radius 3 is 2.50 bits per heavy atom. The molecule has 1 aromatic carbocycles. The molecule has 1 fully saturated rings. The molecule has 0 saturated carbocycles. The molecule has 1 aliphatic rings. The zero-order chi connectivity index (χ0) is 14.8. The number of hydrogen-bond donors (Lipinski definition) is 1. The summed E-state index contributed by atoms with van der Waals surface area (Å²) in [6, 6.07) is 3.09. The molecule has 0 aliphatic carbocycles. The van der Waals surface area contributed by atoms with Gasteiger partial charge in [-0.2, -0.15) is 4.31 Å². The predicted octanol–water partition coefficient (Wildman–Crippen LogP) is 2.89. The maximum atomic E-state index is 12.6. The van der Waals surface area contributed by atoms with E-state index in [1.807, 2.05) is 6.92 Å². The zero-order valence-corrected chi connectivity index (χ0v) is 13.7. The molecule has 1 saturated heterocycles. The predicted molar refractivity (Wildman–Crippen MR) is 81.8 cm³/mol. The smallest absolute Gasteiger partial charge is 0.244 e. The highest BCUT2D eigenvalue weighted by molar-refractivity contribution is 7.89. The van der Waals surface area contributed by atoms with E-state index in [9.17, 15) is 8.42 Å². The van der Waals surface area contributed by atoms with Gasteiger partial charge < -0.3 is 5.32 Å². The minimum Gasteiger partial charge on any atom is -0.313 e. The van der Waals surface area contributed by atoms with Crippen LogP contribution in [-0.2, 0) is 16.6 Å². The number of hydrogen-bond acceptors (Lipinski definition) is 3. The van der Waals surface area contributed by atoms with Gasteiger partial charge in [-0.1, -0.05) is 30.1 Å². The monoisotopic (exact) mass is 336 g/mol. The van der Waals surface area contributed by atoms with Gasteiger partial charge in [-0.15, -0.1) is 0 Å². The number of sulfonamides is 1. The minimum atomic E-state index is -3.52. The van der Waals surface area contributed by atoms with E-state index in [0.29, 0.717) is 30.2 Å². The van der Waals surface area contributed by atoms with Crippen LogP contribution in [-0.4, -0.2) is 32.4 Å². The molecule has 0 radical (unpaired) electrons. The van der Waals surface area contributed by atoms with Crippen LogP contribution in [0.4, 0.5) is 0 Å². The van der Waals surface area contributed by atoms with E-state index in [1.54, 1.807) is 6.07 Å². The first-order valence-electron chi connectivity index (χ1n) is 6.66. The van der Waals surface area contributed by atoms with Crippen LogP contribution in [0.5, 0.6) is 0 Å². The van der Waals surface area contributed by atoms with Crippen molar-refractivity contribution in [3.8, 4) is 0 Å². The molecule has 0 amide bonds. The summed E-state index contributed by atoms with van der Waals surface area (Å²) in [7, 11) is -3.52. The average Bonchev–Trinajstić information content (AvgIpc) is 2.92. The standard InChI is InChI=1S/C13H18Cl2N2O2S/c1-2-16-9-10-11(14)5-6-12(13(10)15)20(18,19)17-7-3-4-8-17/h5-6,16H,2-4,7-9H2,1H3. The Morgan fingerprint density at radius 2 is 1.90 bits per heavy atom. The normalized spacial score (nSPS) is 16.8. The number of rotatable bonds is 5. The molecule has 4 nitrogen and oxygen atoms in total. The molecule has 1 aromatic rings. The fourth-order valence-corrected chi connectivity index (χ4v) is 4.66. The Balaban J connectivity index is 2.41. The first kappa shape index (κ1) is 16.0. The Morgan fingerprint density at radius 1 is 1.25 bits per heavy atom. The highest BCUT2D eigenvalue weighted by Crippen LogP contribution is 2.33. The van der Waals surface area contributed by atoms with E-state index >= 15 is 0 Å².